The number of sulfonamides is 1. The van der Waals surface area contributed by atoms with E-state index in [4.69, 9.17) is 4.74 Å². The van der Waals surface area contributed by atoms with Crippen molar-refractivity contribution in [3.8, 4) is 0 Å². The van der Waals surface area contributed by atoms with Crippen molar-refractivity contribution in [3.63, 3.8) is 0 Å². The van der Waals surface area contributed by atoms with E-state index in [-0.39, 0.29) is 32.0 Å². The van der Waals surface area contributed by atoms with Crippen molar-refractivity contribution >= 4 is 37.5 Å². The third kappa shape index (κ3) is 4.12. The summed E-state index contributed by atoms with van der Waals surface area (Å²) in [6, 6.07) is 10.2. The third-order valence-electron chi connectivity index (χ3n) is 3.88. The zero-order chi connectivity index (χ0) is 18.7. The fourth-order valence-electron chi connectivity index (χ4n) is 2.51. The Morgan fingerprint density at radius 3 is 2.42 bits per heavy atom. The van der Waals surface area contributed by atoms with Crippen LogP contribution in [0.4, 0.5) is 10.1 Å². The van der Waals surface area contributed by atoms with Crippen molar-refractivity contribution < 1.29 is 22.3 Å². The minimum Gasteiger partial charge on any atom is -0.379 e. The van der Waals surface area contributed by atoms with E-state index in [2.05, 4.69) is 21.2 Å². The molecule has 26 heavy (non-hydrogen) atoms. The SMILES string of the molecule is O=C(Nc1ccc(F)c(S(=O)(=O)N2CCOCC2)c1)c1ccc(Br)cc1. The molecule has 0 spiro atoms. The average Bonchev–Trinajstić information content (AvgIpc) is 2.64. The van der Waals surface area contributed by atoms with Gasteiger partial charge in [0, 0.05) is 28.8 Å². The minimum absolute atomic E-state index is 0.164. The number of halogens is 2. The summed E-state index contributed by atoms with van der Waals surface area (Å²) in [5.41, 5.74) is 0.598. The van der Waals surface area contributed by atoms with Gasteiger partial charge < -0.3 is 10.1 Å². The van der Waals surface area contributed by atoms with Crippen LogP contribution in [0.1, 0.15) is 10.4 Å². The number of morpholine rings is 1. The summed E-state index contributed by atoms with van der Waals surface area (Å²) in [6.45, 7) is 0.857. The average molecular weight is 443 g/mol. The number of rotatable bonds is 4. The van der Waals surface area contributed by atoms with Crippen LogP contribution in [0, 0.1) is 5.82 Å². The van der Waals surface area contributed by atoms with Gasteiger partial charge in [0.15, 0.2) is 0 Å². The van der Waals surface area contributed by atoms with E-state index in [1.54, 1.807) is 24.3 Å². The van der Waals surface area contributed by atoms with Gasteiger partial charge in [-0.25, -0.2) is 12.8 Å². The number of nitrogens with one attached hydrogen (secondary N) is 1. The standard InChI is InChI=1S/C17H16BrFN2O4S/c18-13-3-1-12(2-4-13)17(22)20-14-5-6-15(19)16(11-14)26(23,24)21-7-9-25-10-8-21/h1-6,11H,7-10H2,(H,20,22). The molecular formula is C17H16BrFN2O4S. The molecule has 0 unspecified atom stereocenters. The lowest BCUT2D eigenvalue weighted by Gasteiger charge is -2.26. The van der Waals surface area contributed by atoms with Crippen molar-refractivity contribution in [1.82, 2.24) is 4.31 Å². The number of anilines is 1. The van der Waals surface area contributed by atoms with Crippen molar-refractivity contribution in [3.05, 3.63) is 58.3 Å². The molecule has 138 valence electrons. The van der Waals surface area contributed by atoms with E-state index >= 15 is 0 Å². The molecule has 1 N–H and O–H groups in total. The van der Waals surface area contributed by atoms with Crippen LogP contribution in [-0.4, -0.2) is 44.9 Å². The largest absolute Gasteiger partial charge is 0.379 e. The van der Waals surface area contributed by atoms with Gasteiger partial charge in [-0.05, 0) is 42.5 Å². The van der Waals surface area contributed by atoms with E-state index in [1.165, 1.54) is 10.4 Å². The number of amides is 1. The maximum absolute atomic E-state index is 14.2. The smallest absolute Gasteiger partial charge is 0.255 e. The first-order chi connectivity index (χ1) is 12.4. The van der Waals surface area contributed by atoms with Gasteiger partial charge in [0.1, 0.15) is 10.7 Å². The predicted octanol–water partition coefficient (Wildman–Crippen LogP) is 2.86. The number of carbonyl (C=O) groups excluding carboxylic acids is 1. The Labute approximate surface area is 159 Å². The molecule has 0 aromatic heterocycles. The first-order valence-corrected chi connectivity index (χ1v) is 10.1. The number of ether oxygens (including phenoxy) is 1. The van der Waals surface area contributed by atoms with Crippen molar-refractivity contribution in [2.45, 2.75) is 4.90 Å². The lowest BCUT2D eigenvalue weighted by atomic mass is 10.2. The lowest BCUT2D eigenvalue weighted by Crippen LogP contribution is -2.40. The minimum atomic E-state index is -4.00. The van der Waals surface area contributed by atoms with Crippen molar-refractivity contribution in [1.29, 1.82) is 0 Å². The second-order valence-corrected chi connectivity index (χ2v) is 8.44. The Morgan fingerprint density at radius 1 is 1.12 bits per heavy atom. The van der Waals surface area contributed by atoms with Gasteiger partial charge in [-0.2, -0.15) is 4.31 Å². The number of hydrogen-bond acceptors (Lipinski definition) is 4. The molecule has 0 bridgehead atoms. The highest BCUT2D eigenvalue weighted by Gasteiger charge is 2.29. The highest BCUT2D eigenvalue weighted by Crippen LogP contribution is 2.24. The summed E-state index contributed by atoms with van der Waals surface area (Å²) in [5, 5.41) is 2.59. The summed E-state index contributed by atoms with van der Waals surface area (Å²) < 4.78 is 46.6. The number of nitrogens with zero attached hydrogens (tertiary/aromatic N) is 1. The normalized spacial score (nSPS) is 15.6. The number of benzene rings is 2. The molecule has 2 aromatic rings. The number of hydrogen-bond donors (Lipinski definition) is 1. The van der Waals surface area contributed by atoms with E-state index in [0.29, 0.717) is 5.56 Å². The van der Waals surface area contributed by atoms with Gasteiger partial charge in [-0.15, -0.1) is 0 Å². The molecule has 0 aliphatic carbocycles. The second-order valence-electron chi connectivity index (χ2n) is 5.62. The summed E-state index contributed by atoms with van der Waals surface area (Å²) >= 11 is 3.28. The Kier molecular flexibility index (Phi) is 5.71. The van der Waals surface area contributed by atoms with Gasteiger partial charge in [-0.1, -0.05) is 15.9 Å². The van der Waals surface area contributed by atoms with Crippen molar-refractivity contribution in [2.75, 3.05) is 31.6 Å². The maximum Gasteiger partial charge on any atom is 0.255 e. The molecule has 3 rings (SSSR count). The molecule has 1 aliphatic rings. The molecule has 9 heteroatoms. The lowest BCUT2D eigenvalue weighted by molar-refractivity contribution is 0.0729. The molecule has 1 heterocycles. The van der Waals surface area contributed by atoms with E-state index in [0.717, 1.165) is 16.6 Å². The van der Waals surface area contributed by atoms with Gasteiger partial charge in [-0.3, -0.25) is 4.79 Å². The Balaban J connectivity index is 1.85. The van der Waals surface area contributed by atoms with E-state index in [9.17, 15) is 17.6 Å². The molecule has 0 radical (unpaired) electrons. The van der Waals surface area contributed by atoms with Crippen LogP contribution in [0.5, 0.6) is 0 Å². The highest BCUT2D eigenvalue weighted by molar-refractivity contribution is 9.10. The molecule has 6 nitrogen and oxygen atoms in total. The molecule has 1 saturated heterocycles. The Morgan fingerprint density at radius 2 is 1.77 bits per heavy atom. The van der Waals surface area contributed by atoms with Gasteiger partial charge in [0.25, 0.3) is 5.91 Å². The zero-order valence-corrected chi connectivity index (χ0v) is 16.0. The molecule has 1 fully saturated rings. The highest BCUT2D eigenvalue weighted by atomic mass is 79.9. The zero-order valence-electron chi connectivity index (χ0n) is 13.6. The Bertz CT molecular complexity index is 913. The predicted molar refractivity (Wildman–Crippen MR) is 98.1 cm³/mol. The fraction of sp³-hybridized carbons (Fsp3) is 0.235. The maximum atomic E-state index is 14.2. The molecular weight excluding hydrogens is 427 g/mol. The van der Waals surface area contributed by atoms with Crippen LogP contribution in [0.25, 0.3) is 0 Å². The first-order valence-electron chi connectivity index (χ1n) is 7.82. The molecule has 1 aliphatic heterocycles. The topological polar surface area (TPSA) is 75.7 Å². The van der Waals surface area contributed by atoms with Gasteiger partial charge in [0.05, 0.1) is 13.2 Å². The Hall–Kier alpha value is -1.81. The first kappa shape index (κ1) is 19.0. The third-order valence-corrected chi connectivity index (χ3v) is 6.33. The van der Waals surface area contributed by atoms with Crippen LogP contribution < -0.4 is 5.32 Å². The van der Waals surface area contributed by atoms with Crippen LogP contribution in [0.3, 0.4) is 0 Å². The fourth-order valence-corrected chi connectivity index (χ4v) is 4.27. The molecule has 0 atom stereocenters. The quantitative estimate of drug-likeness (QED) is 0.789. The van der Waals surface area contributed by atoms with Gasteiger partial charge in [0.2, 0.25) is 10.0 Å². The summed E-state index contributed by atoms with van der Waals surface area (Å²) in [5.74, 6) is -1.28. The van der Waals surface area contributed by atoms with Crippen LogP contribution in [0.2, 0.25) is 0 Å². The van der Waals surface area contributed by atoms with Crippen LogP contribution in [-0.2, 0) is 14.8 Å². The van der Waals surface area contributed by atoms with E-state index in [1.807, 2.05) is 0 Å². The van der Waals surface area contributed by atoms with Crippen LogP contribution >= 0.6 is 15.9 Å². The monoisotopic (exact) mass is 442 g/mol. The number of carbonyl (C=O) groups is 1. The second kappa shape index (κ2) is 7.83. The van der Waals surface area contributed by atoms with E-state index < -0.39 is 26.6 Å². The summed E-state index contributed by atoms with van der Waals surface area (Å²) in [6.07, 6.45) is 0. The van der Waals surface area contributed by atoms with Crippen LogP contribution in [0.15, 0.2) is 51.8 Å². The molecule has 2 aromatic carbocycles. The van der Waals surface area contributed by atoms with Gasteiger partial charge >= 0.3 is 0 Å². The van der Waals surface area contributed by atoms with Crippen molar-refractivity contribution in [2.24, 2.45) is 0 Å². The summed E-state index contributed by atoms with van der Waals surface area (Å²) in [7, 11) is -4.00. The summed E-state index contributed by atoms with van der Waals surface area (Å²) in [4.78, 5) is 11.8. The molecule has 0 saturated carbocycles. The molecule has 1 amide bonds.